The van der Waals surface area contributed by atoms with Gasteiger partial charge in [0.15, 0.2) is 0 Å². The van der Waals surface area contributed by atoms with Crippen LogP contribution in [0.1, 0.15) is 98.3 Å². The summed E-state index contributed by atoms with van der Waals surface area (Å²) in [4.78, 5) is 11.5. The van der Waals surface area contributed by atoms with Crippen LogP contribution in [0.2, 0.25) is 0 Å². The Bertz CT molecular complexity index is 248. The first-order chi connectivity index (χ1) is 10.0. The fraction of sp³-hybridized carbons (Fsp3) is 0.947. The predicted molar refractivity (Wildman–Crippen MR) is 91.6 cm³/mol. The SMILES string of the molecule is CCCCCC(CCC)CC(CCCCC(C)C)C(=O)O. The highest BCUT2D eigenvalue weighted by molar-refractivity contribution is 5.69. The van der Waals surface area contributed by atoms with Crippen LogP contribution in [0.5, 0.6) is 0 Å². The van der Waals surface area contributed by atoms with E-state index in [1.54, 1.807) is 0 Å². The molecule has 0 amide bonds. The molecule has 0 aliphatic carbocycles. The van der Waals surface area contributed by atoms with Gasteiger partial charge >= 0.3 is 5.97 Å². The molecular formula is C19H38O2. The second-order valence-corrected chi connectivity index (χ2v) is 7.10. The Hall–Kier alpha value is -0.530. The van der Waals surface area contributed by atoms with Crippen molar-refractivity contribution in [3.63, 3.8) is 0 Å². The van der Waals surface area contributed by atoms with Crippen molar-refractivity contribution in [3.8, 4) is 0 Å². The Morgan fingerprint density at radius 3 is 2.00 bits per heavy atom. The van der Waals surface area contributed by atoms with Crippen molar-refractivity contribution in [3.05, 3.63) is 0 Å². The molecular weight excluding hydrogens is 260 g/mol. The lowest BCUT2D eigenvalue weighted by Gasteiger charge is -2.21. The Morgan fingerprint density at radius 2 is 1.48 bits per heavy atom. The first-order valence-electron chi connectivity index (χ1n) is 9.23. The molecule has 1 N–H and O–H groups in total. The van der Waals surface area contributed by atoms with Crippen LogP contribution in [0.4, 0.5) is 0 Å². The van der Waals surface area contributed by atoms with Crippen LogP contribution in [-0.4, -0.2) is 11.1 Å². The molecule has 0 heterocycles. The van der Waals surface area contributed by atoms with Crippen molar-refractivity contribution in [2.24, 2.45) is 17.8 Å². The van der Waals surface area contributed by atoms with Crippen molar-refractivity contribution in [2.45, 2.75) is 98.3 Å². The van der Waals surface area contributed by atoms with E-state index in [4.69, 9.17) is 0 Å². The van der Waals surface area contributed by atoms with Crippen LogP contribution < -0.4 is 0 Å². The highest BCUT2D eigenvalue weighted by Crippen LogP contribution is 2.27. The molecule has 0 aromatic rings. The molecule has 0 saturated heterocycles. The van der Waals surface area contributed by atoms with E-state index in [0.29, 0.717) is 5.92 Å². The standard InChI is InChI=1S/C19H38O2/c1-5-7-8-13-17(11-6-2)15-18(19(20)21)14-10-9-12-16(3)4/h16-18H,5-15H2,1-4H3,(H,20,21). The number of carboxylic acid groups (broad SMARTS) is 1. The average molecular weight is 299 g/mol. The van der Waals surface area contributed by atoms with E-state index in [-0.39, 0.29) is 5.92 Å². The minimum Gasteiger partial charge on any atom is -0.481 e. The maximum Gasteiger partial charge on any atom is 0.306 e. The molecule has 21 heavy (non-hydrogen) atoms. The number of aliphatic carboxylic acids is 1. The van der Waals surface area contributed by atoms with Gasteiger partial charge in [0.2, 0.25) is 0 Å². The first-order valence-corrected chi connectivity index (χ1v) is 9.23. The van der Waals surface area contributed by atoms with Gasteiger partial charge in [0.25, 0.3) is 0 Å². The van der Waals surface area contributed by atoms with Gasteiger partial charge in [0.1, 0.15) is 0 Å². The predicted octanol–water partition coefficient (Wildman–Crippen LogP) is 6.29. The van der Waals surface area contributed by atoms with Gasteiger partial charge in [-0.25, -0.2) is 0 Å². The van der Waals surface area contributed by atoms with Gasteiger partial charge in [-0.1, -0.05) is 85.5 Å². The molecule has 2 heteroatoms. The van der Waals surface area contributed by atoms with Crippen molar-refractivity contribution < 1.29 is 9.90 Å². The zero-order valence-corrected chi connectivity index (χ0v) is 14.9. The van der Waals surface area contributed by atoms with E-state index < -0.39 is 5.97 Å². The smallest absolute Gasteiger partial charge is 0.306 e. The third kappa shape index (κ3) is 11.8. The van der Waals surface area contributed by atoms with Crippen molar-refractivity contribution in [1.82, 2.24) is 0 Å². The normalized spacial score (nSPS) is 14.3. The fourth-order valence-corrected chi connectivity index (χ4v) is 3.16. The lowest BCUT2D eigenvalue weighted by atomic mass is 9.84. The minimum atomic E-state index is -0.573. The quantitative estimate of drug-likeness (QED) is 0.383. The largest absolute Gasteiger partial charge is 0.481 e. The summed E-state index contributed by atoms with van der Waals surface area (Å²) in [7, 11) is 0. The number of hydrogen-bond acceptors (Lipinski definition) is 1. The zero-order chi connectivity index (χ0) is 16.1. The lowest BCUT2D eigenvalue weighted by molar-refractivity contribution is -0.142. The van der Waals surface area contributed by atoms with Crippen molar-refractivity contribution in [2.75, 3.05) is 0 Å². The monoisotopic (exact) mass is 298 g/mol. The van der Waals surface area contributed by atoms with E-state index in [1.807, 2.05) is 0 Å². The number of rotatable bonds is 14. The second kappa shape index (κ2) is 13.2. The van der Waals surface area contributed by atoms with E-state index in [2.05, 4.69) is 27.7 Å². The fourth-order valence-electron chi connectivity index (χ4n) is 3.16. The first kappa shape index (κ1) is 20.5. The maximum absolute atomic E-state index is 11.5. The molecule has 0 aliphatic rings. The summed E-state index contributed by atoms with van der Waals surface area (Å²) in [5.74, 6) is 0.661. The summed E-state index contributed by atoms with van der Waals surface area (Å²) in [6.07, 6.45) is 12.6. The van der Waals surface area contributed by atoms with Gasteiger partial charge in [-0.15, -0.1) is 0 Å². The minimum absolute atomic E-state index is 0.115. The molecule has 0 aliphatic heterocycles. The van der Waals surface area contributed by atoms with Gasteiger partial charge in [-0.3, -0.25) is 4.79 Å². The number of carbonyl (C=O) groups is 1. The van der Waals surface area contributed by atoms with E-state index >= 15 is 0 Å². The summed E-state index contributed by atoms with van der Waals surface area (Å²) in [5, 5.41) is 9.47. The van der Waals surface area contributed by atoms with Crippen molar-refractivity contribution >= 4 is 5.97 Å². The molecule has 0 fully saturated rings. The summed E-state index contributed by atoms with van der Waals surface area (Å²) in [6.45, 7) is 8.91. The Kier molecular flexibility index (Phi) is 12.8. The van der Waals surface area contributed by atoms with Crippen LogP contribution in [0.25, 0.3) is 0 Å². The average Bonchev–Trinajstić information content (AvgIpc) is 2.41. The Morgan fingerprint density at radius 1 is 0.857 bits per heavy atom. The summed E-state index contributed by atoms with van der Waals surface area (Å²) in [6, 6.07) is 0. The molecule has 2 nitrogen and oxygen atoms in total. The second-order valence-electron chi connectivity index (χ2n) is 7.10. The van der Waals surface area contributed by atoms with E-state index in [0.717, 1.165) is 25.2 Å². The summed E-state index contributed by atoms with van der Waals surface area (Å²) in [5.41, 5.74) is 0. The lowest BCUT2D eigenvalue weighted by Crippen LogP contribution is -2.18. The number of unbranched alkanes of at least 4 members (excludes halogenated alkanes) is 3. The topological polar surface area (TPSA) is 37.3 Å². The molecule has 2 atom stereocenters. The van der Waals surface area contributed by atoms with Crippen LogP contribution in [0.3, 0.4) is 0 Å². The van der Waals surface area contributed by atoms with Crippen molar-refractivity contribution in [1.29, 1.82) is 0 Å². The molecule has 0 bridgehead atoms. The maximum atomic E-state index is 11.5. The van der Waals surface area contributed by atoms with Gasteiger partial charge in [0, 0.05) is 0 Å². The molecule has 126 valence electrons. The molecule has 2 unspecified atom stereocenters. The third-order valence-electron chi connectivity index (χ3n) is 4.46. The number of hydrogen-bond donors (Lipinski definition) is 1. The van der Waals surface area contributed by atoms with E-state index in [1.165, 1.54) is 51.4 Å². The van der Waals surface area contributed by atoms with Crippen LogP contribution >= 0.6 is 0 Å². The van der Waals surface area contributed by atoms with Crippen LogP contribution in [0, 0.1) is 17.8 Å². The molecule has 0 radical (unpaired) electrons. The zero-order valence-electron chi connectivity index (χ0n) is 14.9. The summed E-state index contributed by atoms with van der Waals surface area (Å²) < 4.78 is 0. The Labute approximate surface area is 132 Å². The molecule has 0 aromatic heterocycles. The molecule has 0 rings (SSSR count). The highest BCUT2D eigenvalue weighted by Gasteiger charge is 2.21. The molecule has 0 spiro atoms. The van der Waals surface area contributed by atoms with E-state index in [9.17, 15) is 9.90 Å². The van der Waals surface area contributed by atoms with Gasteiger partial charge in [-0.2, -0.15) is 0 Å². The van der Waals surface area contributed by atoms with Crippen LogP contribution in [-0.2, 0) is 4.79 Å². The third-order valence-corrected chi connectivity index (χ3v) is 4.46. The van der Waals surface area contributed by atoms with Crippen LogP contribution in [0.15, 0.2) is 0 Å². The van der Waals surface area contributed by atoms with Gasteiger partial charge in [-0.05, 0) is 24.7 Å². The van der Waals surface area contributed by atoms with Gasteiger partial charge < -0.3 is 5.11 Å². The summed E-state index contributed by atoms with van der Waals surface area (Å²) >= 11 is 0. The number of carboxylic acids is 1. The molecule has 0 saturated carbocycles. The Balaban J connectivity index is 4.18. The highest BCUT2D eigenvalue weighted by atomic mass is 16.4. The molecule has 0 aromatic carbocycles. The van der Waals surface area contributed by atoms with Gasteiger partial charge in [0.05, 0.1) is 5.92 Å².